The molecule has 0 atom stereocenters. The summed E-state index contributed by atoms with van der Waals surface area (Å²) in [5.74, 6) is 1.46. The highest BCUT2D eigenvalue weighted by Gasteiger charge is 2.13. The van der Waals surface area contributed by atoms with Crippen LogP contribution in [0.25, 0.3) is 11.4 Å². The number of H-pyrrole nitrogens is 1. The van der Waals surface area contributed by atoms with E-state index in [1.807, 2.05) is 32.2 Å². The normalized spacial score (nSPS) is 10.7. The third-order valence-electron chi connectivity index (χ3n) is 3.68. The number of nitrogens with zero attached hydrogens (tertiary/aromatic N) is 5. The Balaban J connectivity index is 1.74. The molecule has 1 amide bonds. The first kappa shape index (κ1) is 15.0. The van der Waals surface area contributed by atoms with Crippen LogP contribution < -0.4 is 0 Å². The molecule has 2 heterocycles. The number of rotatable bonds is 4. The Morgan fingerprint density at radius 2 is 2.00 bits per heavy atom. The highest BCUT2D eigenvalue weighted by atomic mass is 16.2. The van der Waals surface area contributed by atoms with Gasteiger partial charge in [-0.3, -0.25) is 14.6 Å². The molecule has 0 saturated carbocycles. The van der Waals surface area contributed by atoms with Gasteiger partial charge >= 0.3 is 0 Å². The molecule has 118 valence electrons. The molecule has 0 fully saturated rings. The van der Waals surface area contributed by atoms with Crippen molar-refractivity contribution < 1.29 is 4.79 Å². The summed E-state index contributed by atoms with van der Waals surface area (Å²) in [5, 5.41) is 11.1. The van der Waals surface area contributed by atoms with E-state index in [0.717, 1.165) is 17.1 Å². The van der Waals surface area contributed by atoms with Crippen molar-refractivity contribution in [1.29, 1.82) is 0 Å². The van der Waals surface area contributed by atoms with Gasteiger partial charge in [-0.2, -0.15) is 10.2 Å². The number of carbonyl (C=O) groups is 1. The lowest BCUT2D eigenvalue weighted by Crippen LogP contribution is -2.26. The summed E-state index contributed by atoms with van der Waals surface area (Å²) in [6.45, 7) is 2.39. The maximum Gasteiger partial charge on any atom is 0.253 e. The predicted molar refractivity (Wildman–Crippen MR) is 85.6 cm³/mol. The summed E-state index contributed by atoms with van der Waals surface area (Å²) in [7, 11) is 3.62. The maximum absolute atomic E-state index is 12.4. The molecule has 7 nitrogen and oxygen atoms in total. The number of hydrogen-bond acceptors (Lipinski definition) is 4. The fraction of sp³-hybridized carbons (Fsp3) is 0.250. The van der Waals surface area contributed by atoms with Gasteiger partial charge in [0.15, 0.2) is 5.82 Å². The molecule has 0 saturated heterocycles. The molecule has 2 aromatic heterocycles. The lowest BCUT2D eigenvalue weighted by Gasteiger charge is -2.16. The van der Waals surface area contributed by atoms with Crippen molar-refractivity contribution in [3.8, 4) is 11.4 Å². The molecule has 0 aliphatic heterocycles. The SMILES string of the molecule is Cc1nc(-c2ccc(C(=O)N(C)Cc3ccn[nH]3)cc2)nn1C. The second-order valence-electron chi connectivity index (χ2n) is 5.43. The summed E-state index contributed by atoms with van der Waals surface area (Å²) in [6.07, 6.45) is 1.67. The van der Waals surface area contributed by atoms with Gasteiger partial charge in [0.05, 0.1) is 12.2 Å². The summed E-state index contributed by atoms with van der Waals surface area (Å²) in [4.78, 5) is 18.5. The minimum Gasteiger partial charge on any atom is -0.336 e. The fourth-order valence-electron chi connectivity index (χ4n) is 2.27. The molecule has 3 aromatic rings. The summed E-state index contributed by atoms with van der Waals surface area (Å²) in [6, 6.07) is 9.18. The van der Waals surface area contributed by atoms with Gasteiger partial charge < -0.3 is 4.90 Å². The Kier molecular flexibility index (Phi) is 3.92. The maximum atomic E-state index is 12.4. The van der Waals surface area contributed by atoms with Crippen LogP contribution in [0.1, 0.15) is 21.9 Å². The van der Waals surface area contributed by atoms with E-state index >= 15 is 0 Å². The first-order valence-electron chi connectivity index (χ1n) is 7.26. The molecule has 7 heteroatoms. The van der Waals surface area contributed by atoms with Crippen LogP contribution in [0.3, 0.4) is 0 Å². The van der Waals surface area contributed by atoms with Crippen molar-refractivity contribution in [2.75, 3.05) is 7.05 Å². The van der Waals surface area contributed by atoms with Gasteiger partial charge in [0.25, 0.3) is 5.91 Å². The summed E-state index contributed by atoms with van der Waals surface area (Å²) in [5.41, 5.74) is 2.41. The molecule has 1 aromatic carbocycles. The number of carbonyl (C=O) groups excluding carboxylic acids is 1. The van der Waals surface area contributed by atoms with Crippen LogP contribution in [-0.2, 0) is 13.6 Å². The largest absolute Gasteiger partial charge is 0.336 e. The van der Waals surface area contributed by atoms with Crippen molar-refractivity contribution in [2.24, 2.45) is 7.05 Å². The predicted octanol–water partition coefficient (Wildman–Crippen LogP) is 1.79. The molecule has 3 rings (SSSR count). The molecule has 0 spiro atoms. The molecule has 0 unspecified atom stereocenters. The first-order valence-corrected chi connectivity index (χ1v) is 7.26. The van der Waals surface area contributed by atoms with E-state index in [9.17, 15) is 4.79 Å². The fourth-order valence-corrected chi connectivity index (χ4v) is 2.27. The van der Waals surface area contributed by atoms with Crippen LogP contribution in [0.15, 0.2) is 36.5 Å². The van der Waals surface area contributed by atoms with E-state index in [0.29, 0.717) is 17.9 Å². The van der Waals surface area contributed by atoms with Gasteiger partial charge in [0.1, 0.15) is 5.82 Å². The van der Waals surface area contributed by atoms with Crippen LogP contribution in [-0.4, -0.2) is 42.8 Å². The van der Waals surface area contributed by atoms with Gasteiger partial charge in [-0.05, 0) is 25.1 Å². The van der Waals surface area contributed by atoms with Crippen molar-refractivity contribution >= 4 is 5.91 Å². The highest BCUT2D eigenvalue weighted by Crippen LogP contribution is 2.17. The topological polar surface area (TPSA) is 79.7 Å². The van der Waals surface area contributed by atoms with Gasteiger partial charge in [0, 0.05) is 31.4 Å². The molecular formula is C16H18N6O. The average molecular weight is 310 g/mol. The molecule has 0 aliphatic rings. The quantitative estimate of drug-likeness (QED) is 0.796. The molecule has 1 N–H and O–H groups in total. The van der Waals surface area contributed by atoms with Crippen LogP contribution in [0.2, 0.25) is 0 Å². The number of aromatic nitrogens is 5. The van der Waals surface area contributed by atoms with Crippen molar-refractivity contribution in [1.82, 2.24) is 29.9 Å². The summed E-state index contributed by atoms with van der Waals surface area (Å²) >= 11 is 0. The van der Waals surface area contributed by atoms with Gasteiger partial charge in [-0.15, -0.1) is 0 Å². The Bertz CT molecular complexity index is 784. The number of benzene rings is 1. The third-order valence-corrected chi connectivity index (χ3v) is 3.68. The second kappa shape index (κ2) is 6.04. The van der Waals surface area contributed by atoms with E-state index < -0.39 is 0 Å². The summed E-state index contributed by atoms with van der Waals surface area (Å²) < 4.78 is 1.73. The van der Waals surface area contributed by atoms with Crippen molar-refractivity contribution in [2.45, 2.75) is 13.5 Å². The molecular weight excluding hydrogens is 292 g/mol. The first-order chi connectivity index (χ1) is 11.0. The molecule has 23 heavy (non-hydrogen) atoms. The Morgan fingerprint density at radius 1 is 1.26 bits per heavy atom. The van der Waals surface area contributed by atoms with E-state index in [1.165, 1.54) is 0 Å². The number of amides is 1. The van der Waals surface area contributed by atoms with E-state index in [2.05, 4.69) is 20.3 Å². The highest BCUT2D eigenvalue weighted by molar-refractivity contribution is 5.94. The lowest BCUT2D eigenvalue weighted by atomic mass is 10.1. The number of hydrogen-bond donors (Lipinski definition) is 1. The van der Waals surface area contributed by atoms with Crippen LogP contribution in [0.4, 0.5) is 0 Å². The average Bonchev–Trinajstić information content (AvgIpc) is 3.17. The minimum absolute atomic E-state index is 0.0451. The molecule has 0 aliphatic carbocycles. The Morgan fingerprint density at radius 3 is 2.57 bits per heavy atom. The Hall–Kier alpha value is -2.96. The van der Waals surface area contributed by atoms with E-state index in [1.54, 1.807) is 35.0 Å². The lowest BCUT2D eigenvalue weighted by molar-refractivity contribution is 0.0783. The van der Waals surface area contributed by atoms with Crippen molar-refractivity contribution in [3.05, 3.63) is 53.6 Å². The van der Waals surface area contributed by atoms with Crippen molar-refractivity contribution in [3.63, 3.8) is 0 Å². The van der Waals surface area contributed by atoms with Crippen LogP contribution >= 0.6 is 0 Å². The zero-order chi connectivity index (χ0) is 16.4. The van der Waals surface area contributed by atoms with E-state index in [-0.39, 0.29) is 5.91 Å². The smallest absolute Gasteiger partial charge is 0.253 e. The van der Waals surface area contributed by atoms with Crippen LogP contribution in [0, 0.1) is 6.92 Å². The standard InChI is InChI=1S/C16H18N6O/c1-11-18-15(20-22(11)3)12-4-6-13(7-5-12)16(23)21(2)10-14-8-9-17-19-14/h4-9H,10H2,1-3H3,(H,17,19). The number of aryl methyl sites for hydroxylation is 2. The minimum atomic E-state index is -0.0451. The Labute approximate surface area is 134 Å². The van der Waals surface area contributed by atoms with Crippen LogP contribution in [0.5, 0.6) is 0 Å². The third kappa shape index (κ3) is 3.13. The zero-order valence-electron chi connectivity index (χ0n) is 13.3. The van der Waals surface area contributed by atoms with E-state index in [4.69, 9.17) is 0 Å². The zero-order valence-corrected chi connectivity index (χ0v) is 13.3. The molecule has 0 bridgehead atoms. The van der Waals surface area contributed by atoms with Gasteiger partial charge in [-0.25, -0.2) is 4.98 Å². The van der Waals surface area contributed by atoms with Gasteiger partial charge in [-0.1, -0.05) is 12.1 Å². The van der Waals surface area contributed by atoms with Gasteiger partial charge in [0.2, 0.25) is 0 Å². The number of aromatic amines is 1. The number of nitrogens with one attached hydrogen (secondary N) is 1. The monoisotopic (exact) mass is 310 g/mol. The second-order valence-corrected chi connectivity index (χ2v) is 5.43. The molecule has 0 radical (unpaired) electrons.